The maximum absolute atomic E-state index is 12.2. The van der Waals surface area contributed by atoms with Crippen LogP contribution >= 0.6 is 0 Å². The monoisotopic (exact) mass is 290 g/mol. The van der Waals surface area contributed by atoms with Crippen LogP contribution in [0.4, 0.5) is 0 Å². The minimum Gasteiger partial charge on any atom is -0.396 e. The molecule has 1 amide bonds. The first-order valence-electron chi connectivity index (χ1n) is 7.87. The van der Waals surface area contributed by atoms with Gasteiger partial charge in [0.15, 0.2) is 0 Å². The van der Waals surface area contributed by atoms with Gasteiger partial charge in [-0.25, -0.2) is 0 Å². The van der Waals surface area contributed by atoms with Crippen LogP contribution in [-0.2, 0) is 4.79 Å². The van der Waals surface area contributed by atoms with Crippen LogP contribution in [0.15, 0.2) is 30.3 Å². The molecule has 0 spiro atoms. The first kappa shape index (κ1) is 16.0. The third-order valence-corrected chi connectivity index (χ3v) is 4.26. The molecule has 1 heterocycles. The van der Waals surface area contributed by atoms with Crippen LogP contribution in [-0.4, -0.2) is 42.2 Å². The average Bonchev–Trinajstić information content (AvgIpc) is 2.52. The highest BCUT2D eigenvalue weighted by atomic mass is 16.3. The van der Waals surface area contributed by atoms with Gasteiger partial charge in [0.2, 0.25) is 5.91 Å². The van der Waals surface area contributed by atoms with E-state index < -0.39 is 0 Å². The normalized spacial score (nSPS) is 17.7. The summed E-state index contributed by atoms with van der Waals surface area (Å²) in [4.78, 5) is 14.2. The lowest BCUT2D eigenvalue weighted by Gasteiger charge is -2.31. The number of nitrogens with one attached hydrogen (secondary N) is 1. The van der Waals surface area contributed by atoms with Crippen molar-refractivity contribution in [2.45, 2.75) is 32.2 Å². The molecule has 1 aromatic carbocycles. The van der Waals surface area contributed by atoms with E-state index in [9.17, 15) is 9.90 Å². The van der Waals surface area contributed by atoms with Crippen LogP contribution in [0.1, 0.15) is 37.8 Å². The molecule has 21 heavy (non-hydrogen) atoms. The molecular weight excluding hydrogens is 264 g/mol. The minimum absolute atomic E-state index is 0.0314. The van der Waals surface area contributed by atoms with E-state index in [1.165, 1.54) is 0 Å². The number of nitrogens with zero attached hydrogens (tertiary/aromatic N) is 1. The fraction of sp³-hybridized carbons (Fsp3) is 0.588. The second kappa shape index (κ2) is 8.15. The van der Waals surface area contributed by atoms with Crippen molar-refractivity contribution in [3.05, 3.63) is 35.9 Å². The van der Waals surface area contributed by atoms with E-state index in [-0.39, 0.29) is 18.6 Å². The maximum Gasteiger partial charge on any atom is 0.236 e. The van der Waals surface area contributed by atoms with Crippen molar-refractivity contribution >= 4 is 5.91 Å². The Kier molecular flexibility index (Phi) is 6.21. The largest absolute Gasteiger partial charge is 0.396 e. The molecule has 1 unspecified atom stereocenters. The van der Waals surface area contributed by atoms with Gasteiger partial charge in [0.1, 0.15) is 0 Å². The van der Waals surface area contributed by atoms with E-state index in [1.54, 1.807) is 0 Å². The number of hydrogen-bond donors (Lipinski definition) is 2. The summed E-state index contributed by atoms with van der Waals surface area (Å²) in [5, 5.41) is 12.5. The molecule has 2 rings (SSSR count). The van der Waals surface area contributed by atoms with Crippen LogP contribution in [0.2, 0.25) is 0 Å². The Morgan fingerprint density at radius 2 is 2.00 bits per heavy atom. The number of carbonyl (C=O) groups is 1. The summed E-state index contributed by atoms with van der Waals surface area (Å²) >= 11 is 0. The highest BCUT2D eigenvalue weighted by molar-refractivity contribution is 5.78. The van der Waals surface area contributed by atoms with E-state index >= 15 is 0 Å². The zero-order valence-corrected chi connectivity index (χ0v) is 12.8. The topological polar surface area (TPSA) is 52.6 Å². The van der Waals surface area contributed by atoms with Gasteiger partial charge in [-0.1, -0.05) is 37.3 Å². The molecule has 0 bridgehead atoms. The smallest absolute Gasteiger partial charge is 0.236 e. The number of carbonyl (C=O) groups excluding carboxylic acids is 1. The van der Waals surface area contributed by atoms with E-state index in [0.29, 0.717) is 13.0 Å². The van der Waals surface area contributed by atoms with Gasteiger partial charge in [-0.3, -0.25) is 4.79 Å². The zero-order chi connectivity index (χ0) is 15.1. The minimum atomic E-state index is 0.0314. The van der Waals surface area contributed by atoms with Crippen LogP contribution in [0.5, 0.6) is 0 Å². The summed E-state index contributed by atoms with van der Waals surface area (Å²) in [5.74, 6) is 0.897. The lowest BCUT2D eigenvalue weighted by atomic mass is 9.99. The van der Waals surface area contributed by atoms with Gasteiger partial charge in [-0.05, 0) is 30.7 Å². The molecule has 1 aliphatic heterocycles. The van der Waals surface area contributed by atoms with Crippen molar-refractivity contribution in [3.63, 3.8) is 0 Å². The second-order valence-electron chi connectivity index (χ2n) is 5.92. The molecular formula is C17H26N2O2. The molecule has 4 nitrogen and oxygen atoms in total. The standard InChI is InChI=1S/C17H26N2O2/c1-14-7-10-19(11-8-14)17(21)13-18-16(9-12-20)15-5-3-2-4-6-15/h2-6,14,16,18,20H,7-13H2,1H3. The van der Waals surface area contributed by atoms with Crippen LogP contribution in [0.3, 0.4) is 0 Å². The highest BCUT2D eigenvalue weighted by Crippen LogP contribution is 2.17. The molecule has 0 aliphatic carbocycles. The Balaban J connectivity index is 1.85. The number of amides is 1. The third-order valence-electron chi connectivity index (χ3n) is 4.26. The summed E-state index contributed by atoms with van der Waals surface area (Å²) in [6.45, 7) is 4.44. The lowest BCUT2D eigenvalue weighted by molar-refractivity contribution is -0.131. The number of aliphatic hydroxyl groups is 1. The second-order valence-corrected chi connectivity index (χ2v) is 5.92. The summed E-state index contributed by atoms with van der Waals surface area (Å²) in [6, 6.07) is 10.0. The quantitative estimate of drug-likeness (QED) is 0.842. The van der Waals surface area contributed by atoms with E-state index in [1.807, 2.05) is 35.2 Å². The van der Waals surface area contributed by atoms with Gasteiger partial charge >= 0.3 is 0 Å². The van der Waals surface area contributed by atoms with Crippen molar-refractivity contribution in [1.29, 1.82) is 0 Å². The van der Waals surface area contributed by atoms with Crippen molar-refractivity contribution in [2.24, 2.45) is 5.92 Å². The molecule has 1 saturated heterocycles. The number of piperidine rings is 1. The Bertz CT molecular complexity index is 428. The molecule has 116 valence electrons. The molecule has 0 aromatic heterocycles. The van der Waals surface area contributed by atoms with E-state index in [0.717, 1.165) is 37.4 Å². The predicted octanol–water partition coefficient (Wildman–Crippen LogP) is 1.96. The first-order chi connectivity index (χ1) is 10.2. The van der Waals surface area contributed by atoms with Gasteiger partial charge in [-0.15, -0.1) is 0 Å². The SMILES string of the molecule is CC1CCN(C(=O)CNC(CCO)c2ccccc2)CC1. The van der Waals surface area contributed by atoms with Crippen molar-refractivity contribution in [1.82, 2.24) is 10.2 Å². The van der Waals surface area contributed by atoms with Gasteiger partial charge < -0.3 is 15.3 Å². The summed E-state index contributed by atoms with van der Waals surface area (Å²) < 4.78 is 0. The summed E-state index contributed by atoms with van der Waals surface area (Å²) in [6.07, 6.45) is 2.82. The van der Waals surface area contributed by atoms with Gasteiger partial charge in [-0.2, -0.15) is 0 Å². The van der Waals surface area contributed by atoms with Crippen molar-refractivity contribution < 1.29 is 9.90 Å². The van der Waals surface area contributed by atoms with E-state index in [2.05, 4.69) is 12.2 Å². The summed E-state index contributed by atoms with van der Waals surface area (Å²) in [7, 11) is 0. The Morgan fingerprint density at radius 3 is 2.62 bits per heavy atom. The molecule has 0 saturated carbocycles. The number of likely N-dealkylation sites (tertiary alicyclic amines) is 1. The molecule has 0 radical (unpaired) electrons. The number of rotatable bonds is 6. The number of aliphatic hydroxyl groups excluding tert-OH is 1. The molecule has 1 aliphatic rings. The highest BCUT2D eigenvalue weighted by Gasteiger charge is 2.21. The van der Waals surface area contributed by atoms with Crippen molar-refractivity contribution in [3.8, 4) is 0 Å². The summed E-state index contributed by atoms with van der Waals surface area (Å²) in [5.41, 5.74) is 1.12. The molecule has 1 fully saturated rings. The zero-order valence-electron chi connectivity index (χ0n) is 12.8. The fourth-order valence-corrected chi connectivity index (χ4v) is 2.78. The van der Waals surface area contributed by atoms with Crippen molar-refractivity contribution in [2.75, 3.05) is 26.2 Å². The maximum atomic E-state index is 12.2. The Labute approximate surface area is 127 Å². The van der Waals surface area contributed by atoms with Crippen LogP contribution in [0, 0.1) is 5.92 Å². The van der Waals surface area contributed by atoms with Crippen LogP contribution < -0.4 is 5.32 Å². The molecule has 2 N–H and O–H groups in total. The van der Waals surface area contributed by atoms with E-state index in [4.69, 9.17) is 0 Å². The average molecular weight is 290 g/mol. The van der Waals surface area contributed by atoms with Gasteiger partial charge in [0, 0.05) is 25.7 Å². The number of hydrogen-bond acceptors (Lipinski definition) is 3. The van der Waals surface area contributed by atoms with Crippen LogP contribution in [0.25, 0.3) is 0 Å². The lowest BCUT2D eigenvalue weighted by Crippen LogP contribution is -2.43. The number of benzene rings is 1. The Morgan fingerprint density at radius 1 is 1.33 bits per heavy atom. The Hall–Kier alpha value is -1.39. The molecule has 1 atom stereocenters. The van der Waals surface area contributed by atoms with Gasteiger partial charge in [0.25, 0.3) is 0 Å². The first-order valence-corrected chi connectivity index (χ1v) is 7.87. The molecule has 1 aromatic rings. The predicted molar refractivity (Wildman–Crippen MR) is 83.9 cm³/mol. The fourth-order valence-electron chi connectivity index (χ4n) is 2.78. The third kappa shape index (κ3) is 4.83. The molecule has 4 heteroatoms. The van der Waals surface area contributed by atoms with Gasteiger partial charge in [0.05, 0.1) is 6.54 Å².